The van der Waals surface area contributed by atoms with Gasteiger partial charge >= 0.3 is 5.97 Å². The molecule has 154 valence electrons. The first-order valence-electron chi connectivity index (χ1n) is 8.47. The highest BCUT2D eigenvalue weighted by Gasteiger charge is 2.23. The molecule has 0 aliphatic carbocycles. The van der Waals surface area contributed by atoms with Gasteiger partial charge in [-0.1, -0.05) is 29.3 Å². The predicted octanol–water partition coefficient (Wildman–Crippen LogP) is 5.75. The van der Waals surface area contributed by atoms with Crippen molar-refractivity contribution in [1.29, 1.82) is 5.26 Å². The molecule has 0 saturated heterocycles. The van der Waals surface area contributed by atoms with Crippen LogP contribution in [-0.4, -0.2) is 23.6 Å². The van der Waals surface area contributed by atoms with Crippen LogP contribution in [0.4, 0.5) is 5.00 Å². The van der Waals surface area contributed by atoms with Crippen LogP contribution in [-0.2, 0) is 4.74 Å². The van der Waals surface area contributed by atoms with Gasteiger partial charge in [-0.25, -0.2) is 4.79 Å². The third kappa shape index (κ3) is 4.43. The lowest BCUT2D eigenvalue weighted by Gasteiger charge is -2.07. The molecular formula is C19H13Cl2N3O3S3. The van der Waals surface area contributed by atoms with Crippen LogP contribution in [0.25, 0.3) is 10.1 Å². The van der Waals surface area contributed by atoms with E-state index < -0.39 is 11.9 Å². The standard InChI is InChI=1S/C19H13Cl2N3O3S3/c1-3-27-18(26)14-8(2)11(7-22)17(30-14)24-19(28)23-16(25)15-13(21)10-5-4-9(20)6-12(10)29-15/h4-6H,3H2,1-2H3,(H2,23,24,25,28). The van der Waals surface area contributed by atoms with E-state index in [0.29, 0.717) is 25.5 Å². The molecule has 6 nitrogen and oxygen atoms in total. The Morgan fingerprint density at radius 1 is 1.27 bits per heavy atom. The molecule has 11 heteroatoms. The van der Waals surface area contributed by atoms with Gasteiger partial charge in [-0.2, -0.15) is 5.26 Å². The SMILES string of the molecule is CCOC(=O)c1sc(NC(=S)NC(=O)c2sc3cc(Cl)ccc3c2Cl)c(C#N)c1C. The average Bonchev–Trinajstić information content (AvgIpc) is 3.18. The zero-order valence-electron chi connectivity index (χ0n) is 15.6. The summed E-state index contributed by atoms with van der Waals surface area (Å²) >= 11 is 19.8. The van der Waals surface area contributed by atoms with E-state index in [2.05, 4.69) is 10.6 Å². The molecule has 0 saturated carbocycles. The molecule has 1 amide bonds. The molecule has 0 radical (unpaired) electrons. The Morgan fingerprint density at radius 3 is 2.67 bits per heavy atom. The normalized spacial score (nSPS) is 10.5. The van der Waals surface area contributed by atoms with Crippen molar-refractivity contribution in [3.05, 3.63) is 49.1 Å². The van der Waals surface area contributed by atoms with Crippen LogP contribution in [0, 0.1) is 18.3 Å². The van der Waals surface area contributed by atoms with Crippen molar-refractivity contribution in [3.63, 3.8) is 0 Å². The zero-order chi connectivity index (χ0) is 22.0. The van der Waals surface area contributed by atoms with E-state index in [0.717, 1.165) is 21.4 Å². The van der Waals surface area contributed by atoms with Crippen molar-refractivity contribution >= 4 is 90.2 Å². The van der Waals surface area contributed by atoms with Crippen molar-refractivity contribution in [2.75, 3.05) is 11.9 Å². The van der Waals surface area contributed by atoms with Crippen LogP contribution < -0.4 is 10.6 Å². The second-order valence-corrected chi connectivity index (χ2v) is 9.18. The first kappa shape index (κ1) is 22.5. The van der Waals surface area contributed by atoms with Gasteiger partial charge in [0, 0.05) is 15.1 Å². The number of halogens is 2. The van der Waals surface area contributed by atoms with E-state index >= 15 is 0 Å². The molecule has 0 aliphatic heterocycles. The van der Waals surface area contributed by atoms with Gasteiger partial charge < -0.3 is 10.1 Å². The maximum Gasteiger partial charge on any atom is 0.348 e. The first-order chi connectivity index (χ1) is 14.3. The summed E-state index contributed by atoms with van der Waals surface area (Å²) in [5.74, 6) is -1.01. The summed E-state index contributed by atoms with van der Waals surface area (Å²) in [7, 11) is 0. The second-order valence-electron chi connectivity index (χ2n) is 5.89. The minimum atomic E-state index is -0.518. The smallest absolute Gasteiger partial charge is 0.348 e. The van der Waals surface area contributed by atoms with Gasteiger partial charge in [0.1, 0.15) is 20.8 Å². The van der Waals surface area contributed by atoms with Crippen LogP contribution in [0.5, 0.6) is 0 Å². The van der Waals surface area contributed by atoms with E-state index in [1.807, 2.05) is 6.07 Å². The number of ether oxygens (including phenoxy) is 1. The number of hydrogen-bond donors (Lipinski definition) is 2. The summed E-state index contributed by atoms with van der Waals surface area (Å²) in [5, 5.41) is 16.7. The molecule has 3 aromatic rings. The number of hydrogen-bond acceptors (Lipinski definition) is 7. The number of amides is 1. The number of benzene rings is 1. The summed E-state index contributed by atoms with van der Waals surface area (Å²) in [5.41, 5.74) is 0.746. The molecule has 2 N–H and O–H groups in total. The Hall–Kier alpha value is -2.22. The Kier molecular flexibility index (Phi) is 6.95. The molecule has 0 aliphatic rings. The fourth-order valence-electron chi connectivity index (χ4n) is 2.61. The number of thiocarbonyl (C=S) groups is 1. The lowest BCUT2D eigenvalue weighted by atomic mass is 10.2. The minimum Gasteiger partial charge on any atom is -0.462 e. The Morgan fingerprint density at radius 2 is 2.00 bits per heavy atom. The largest absolute Gasteiger partial charge is 0.462 e. The summed E-state index contributed by atoms with van der Waals surface area (Å²) in [6.45, 7) is 3.57. The molecule has 0 fully saturated rings. The summed E-state index contributed by atoms with van der Waals surface area (Å²) in [6.07, 6.45) is 0. The molecule has 2 heterocycles. The molecule has 0 spiro atoms. The fourth-order valence-corrected chi connectivity index (χ4v) is 5.61. The zero-order valence-corrected chi connectivity index (χ0v) is 19.6. The second kappa shape index (κ2) is 9.29. The third-order valence-corrected chi connectivity index (χ3v) is 7.25. The van der Waals surface area contributed by atoms with Crippen molar-refractivity contribution in [1.82, 2.24) is 5.32 Å². The highest BCUT2D eigenvalue weighted by Crippen LogP contribution is 2.37. The van der Waals surface area contributed by atoms with Gasteiger partial charge in [-0.15, -0.1) is 22.7 Å². The van der Waals surface area contributed by atoms with Gasteiger partial charge in [0.2, 0.25) is 0 Å². The van der Waals surface area contributed by atoms with Gasteiger partial charge in [0.25, 0.3) is 5.91 Å². The predicted molar refractivity (Wildman–Crippen MR) is 125 cm³/mol. The molecule has 2 aromatic heterocycles. The quantitative estimate of drug-likeness (QED) is 0.352. The summed E-state index contributed by atoms with van der Waals surface area (Å²) in [6, 6.07) is 7.21. The molecule has 1 aromatic carbocycles. The first-order valence-corrected chi connectivity index (χ1v) is 11.3. The Balaban J connectivity index is 1.80. The number of nitrogens with zero attached hydrogens (tertiary/aromatic N) is 1. The maximum atomic E-state index is 12.7. The van der Waals surface area contributed by atoms with Gasteiger partial charge in [0.05, 0.1) is 17.2 Å². The summed E-state index contributed by atoms with van der Waals surface area (Å²) in [4.78, 5) is 25.3. The number of fused-ring (bicyclic) bond motifs is 1. The minimum absolute atomic E-state index is 0.0280. The van der Waals surface area contributed by atoms with E-state index in [4.69, 9.17) is 40.2 Å². The number of nitrogens with one attached hydrogen (secondary N) is 2. The van der Waals surface area contributed by atoms with Gasteiger partial charge in [-0.05, 0) is 43.8 Å². The van der Waals surface area contributed by atoms with E-state index in [1.54, 1.807) is 32.0 Å². The molecule has 0 atom stereocenters. The molecule has 30 heavy (non-hydrogen) atoms. The van der Waals surface area contributed by atoms with E-state index in [1.165, 1.54) is 11.3 Å². The Bertz CT molecular complexity index is 1230. The van der Waals surface area contributed by atoms with Crippen LogP contribution in [0.3, 0.4) is 0 Å². The van der Waals surface area contributed by atoms with Crippen molar-refractivity contribution in [2.24, 2.45) is 0 Å². The van der Waals surface area contributed by atoms with Crippen LogP contribution in [0.15, 0.2) is 18.2 Å². The topological polar surface area (TPSA) is 91.2 Å². The highest BCUT2D eigenvalue weighted by molar-refractivity contribution is 7.80. The van der Waals surface area contributed by atoms with Gasteiger partial charge in [-0.3, -0.25) is 10.1 Å². The number of carbonyl (C=O) groups is 2. The van der Waals surface area contributed by atoms with Crippen LogP contribution in [0.2, 0.25) is 10.0 Å². The van der Waals surface area contributed by atoms with Crippen molar-refractivity contribution < 1.29 is 14.3 Å². The van der Waals surface area contributed by atoms with Crippen LogP contribution in [0.1, 0.15) is 37.4 Å². The molecular weight excluding hydrogens is 485 g/mol. The van der Waals surface area contributed by atoms with E-state index in [9.17, 15) is 14.9 Å². The maximum absolute atomic E-state index is 12.7. The lowest BCUT2D eigenvalue weighted by molar-refractivity contribution is 0.0531. The van der Waals surface area contributed by atoms with Gasteiger partial charge in [0.15, 0.2) is 5.11 Å². The number of nitriles is 1. The van der Waals surface area contributed by atoms with Crippen molar-refractivity contribution in [2.45, 2.75) is 13.8 Å². The molecule has 0 bridgehead atoms. The molecule has 3 rings (SSSR count). The third-order valence-electron chi connectivity index (χ3n) is 3.97. The monoisotopic (exact) mass is 497 g/mol. The highest BCUT2D eigenvalue weighted by atomic mass is 35.5. The number of thiophene rings is 2. The van der Waals surface area contributed by atoms with Crippen LogP contribution >= 0.6 is 58.1 Å². The number of rotatable bonds is 4. The number of esters is 1. The number of carbonyl (C=O) groups excluding carboxylic acids is 2. The van der Waals surface area contributed by atoms with Crippen molar-refractivity contribution in [3.8, 4) is 6.07 Å². The van der Waals surface area contributed by atoms with E-state index in [-0.39, 0.29) is 22.2 Å². The summed E-state index contributed by atoms with van der Waals surface area (Å²) < 4.78 is 5.78. The Labute approximate surface area is 195 Å². The average molecular weight is 498 g/mol. The molecule has 0 unspecified atom stereocenters. The lowest BCUT2D eigenvalue weighted by Crippen LogP contribution is -2.33. The fraction of sp³-hybridized carbons (Fsp3) is 0.158. The number of anilines is 1.